The number of hydrogen-bond acceptors (Lipinski definition) is 4. The molecule has 0 saturated carbocycles. The van der Waals surface area contributed by atoms with Crippen molar-refractivity contribution >= 4 is 21.6 Å². The number of unbranched alkanes of at least 4 members (excludes halogenated alkanes) is 1. The van der Waals surface area contributed by atoms with E-state index in [1.807, 2.05) is 18.2 Å². The van der Waals surface area contributed by atoms with E-state index in [2.05, 4.69) is 29.4 Å². The molecule has 6 nitrogen and oxygen atoms in total. The van der Waals surface area contributed by atoms with E-state index in [0.29, 0.717) is 19.5 Å². The molecule has 7 heteroatoms. The average Bonchev–Trinajstić information content (AvgIpc) is 2.79. The van der Waals surface area contributed by atoms with E-state index in [-0.39, 0.29) is 10.8 Å². The van der Waals surface area contributed by atoms with E-state index in [9.17, 15) is 13.2 Å². The third kappa shape index (κ3) is 5.61. The number of nitrogens with one attached hydrogen (secondary N) is 1. The molecule has 1 aliphatic rings. The van der Waals surface area contributed by atoms with Crippen molar-refractivity contribution in [2.24, 2.45) is 0 Å². The lowest BCUT2D eigenvalue weighted by molar-refractivity contribution is -0.125. The highest BCUT2D eigenvalue weighted by Crippen LogP contribution is 2.25. The van der Waals surface area contributed by atoms with Gasteiger partial charge in [0.15, 0.2) is 0 Å². The SMILES string of the molecule is CN(CCCCNC(=O)C1CCCCN1S(=O)(=O)c1ccccc1)c1ccccc1. The lowest BCUT2D eigenvalue weighted by Crippen LogP contribution is -2.51. The van der Waals surface area contributed by atoms with Crippen LogP contribution < -0.4 is 10.2 Å². The van der Waals surface area contributed by atoms with Crippen molar-refractivity contribution in [3.63, 3.8) is 0 Å². The Kier molecular flexibility index (Phi) is 7.87. The molecule has 0 aromatic heterocycles. The standard InChI is InChI=1S/C23H31N3O3S/c1-25(20-12-4-2-5-13-20)18-11-9-17-24-23(27)22-16-8-10-19-26(22)30(28,29)21-14-6-3-7-15-21/h2-7,12-15,22H,8-11,16-19H2,1H3,(H,24,27). The molecule has 1 fully saturated rings. The Labute approximate surface area is 179 Å². The van der Waals surface area contributed by atoms with E-state index in [4.69, 9.17) is 0 Å². The zero-order valence-corrected chi connectivity index (χ0v) is 18.4. The minimum atomic E-state index is -3.67. The predicted octanol–water partition coefficient (Wildman–Crippen LogP) is 3.26. The van der Waals surface area contributed by atoms with Crippen molar-refractivity contribution in [2.45, 2.75) is 43.0 Å². The van der Waals surface area contributed by atoms with Gasteiger partial charge in [0.25, 0.3) is 0 Å². The Balaban J connectivity index is 1.50. The molecule has 1 aliphatic heterocycles. The van der Waals surface area contributed by atoms with Crippen LogP contribution in [0.5, 0.6) is 0 Å². The van der Waals surface area contributed by atoms with Crippen molar-refractivity contribution in [2.75, 3.05) is 31.6 Å². The van der Waals surface area contributed by atoms with E-state index < -0.39 is 16.1 Å². The third-order valence-electron chi connectivity index (χ3n) is 5.52. The highest BCUT2D eigenvalue weighted by Gasteiger charge is 2.37. The summed E-state index contributed by atoms with van der Waals surface area (Å²) in [7, 11) is -1.61. The topological polar surface area (TPSA) is 69.7 Å². The molecule has 0 spiro atoms. The summed E-state index contributed by atoms with van der Waals surface area (Å²) in [5.41, 5.74) is 1.17. The van der Waals surface area contributed by atoms with Crippen LogP contribution in [0.25, 0.3) is 0 Å². The van der Waals surface area contributed by atoms with Crippen LogP contribution in [0, 0.1) is 0 Å². The summed E-state index contributed by atoms with van der Waals surface area (Å²) in [6, 6.07) is 17.9. The molecule has 3 rings (SSSR count). The minimum Gasteiger partial charge on any atom is -0.375 e. The van der Waals surface area contributed by atoms with Gasteiger partial charge in [-0.15, -0.1) is 0 Å². The Morgan fingerprint density at radius 2 is 1.70 bits per heavy atom. The van der Waals surface area contributed by atoms with Crippen molar-refractivity contribution in [3.05, 3.63) is 60.7 Å². The molecule has 1 saturated heterocycles. The normalized spacial score (nSPS) is 17.4. The highest BCUT2D eigenvalue weighted by atomic mass is 32.2. The summed E-state index contributed by atoms with van der Waals surface area (Å²) in [4.78, 5) is 15.2. The van der Waals surface area contributed by atoms with Gasteiger partial charge in [-0.3, -0.25) is 4.79 Å². The van der Waals surface area contributed by atoms with Crippen LogP contribution >= 0.6 is 0 Å². The Hall–Kier alpha value is -2.38. The van der Waals surface area contributed by atoms with Crippen LogP contribution in [-0.4, -0.2) is 51.4 Å². The van der Waals surface area contributed by atoms with Gasteiger partial charge in [-0.2, -0.15) is 4.31 Å². The van der Waals surface area contributed by atoms with Crippen LogP contribution in [0.1, 0.15) is 32.1 Å². The second kappa shape index (κ2) is 10.6. The van der Waals surface area contributed by atoms with Crippen LogP contribution in [-0.2, 0) is 14.8 Å². The van der Waals surface area contributed by atoms with E-state index >= 15 is 0 Å². The fourth-order valence-electron chi connectivity index (χ4n) is 3.80. The number of nitrogens with zero attached hydrogens (tertiary/aromatic N) is 2. The van der Waals surface area contributed by atoms with Gasteiger partial charge in [0, 0.05) is 32.4 Å². The number of hydrogen-bond donors (Lipinski definition) is 1. The average molecular weight is 430 g/mol. The number of piperidine rings is 1. The molecule has 1 amide bonds. The first-order valence-corrected chi connectivity index (χ1v) is 12.0. The zero-order chi connectivity index (χ0) is 21.4. The molecule has 30 heavy (non-hydrogen) atoms. The maximum Gasteiger partial charge on any atom is 0.243 e. The number of carbonyl (C=O) groups is 1. The van der Waals surface area contributed by atoms with Crippen LogP contribution in [0.15, 0.2) is 65.6 Å². The number of amides is 1. The van der Waals surface area contributed by atoms with Crippen LogP contribution in [0.4, 0.5) is 5.69 Å². The summed E-state index contributed by atoms with van der Waals surface area (Å²) in [5.74, 6) is -0.189. The zero-order valence-electron chi connectivity index (χ0n) is 17.5. The van der Waals surface area contributed by atoms with Gasteiger partial charge in [0.05, 0.1) is 4.90 Å². The molecule has 0 radical (unpaired) electrons. The van der Waals surface area contributed by atoms with E-state index in [0.717, 1.165) is 32.2 Å². The smallest absolute Gasteiger partial charge is 0.243 e. The third-order valence-corrected chi connectivity index (χ3v) is 7.45. The number of benzene rings is 2. The summed E-state index contributed by atoms with van der Waals surface area (Å²) in [6.07, 6.45) is 4.00. The summed E-state index contributed by atoms with van der Waals surface area (Å²) in [6.45, 7) is 1.84. The molecule has 1 heterocycles. The number of para-hydroxylation sites is 1. The Bertz CT molecular complexity index is 904. The molecule has 162 valence electrons. The molecule has 1 unspecified atom stereocenters. The largest absolute Gasteiger partial charge is 0.375 e. The van der Waals surface area contributed by atoms with Crippen molar-refractivity contribution in [1.82, 2.24) is 9.62 Å². The number of carbonyl (C=O) groups excluding carboxylic acids is 1. The minimum absolute atomic E-state index is 0.189. The quantitative estimate of drug-likeness (QED) is 0.621. The number of rotatable bonds is 9. The van der Waals surface area contributed by atoms with Crippen molar-refractivity contribution in [3.8, 4) is 0 Å². The van der Waals surface area contributed by atoms with Crippen molar-refractivity contribution < 1.29 is 13.2 Å². The van der Waals surface area contributed by atoms with Gasteiger partial charge >= 0.3 is 0 Å². The first kappa shape index (κ1) is 22.3. The number of anilines is 1. The fraction of sp³-hybridized carbons (Fsp3) is 0.435. The molecule has 1 N–H and O–H groups in total. The highest BCUT2D eigenvalue weighted by molar-refractivity contribution is 7.89. The van der Waals surface area contributed by atoms with Gasteiger partial charge in [0.1, 0.15) is 6.04 Å². The lowest BCUT2D eigenvalue weighted by atomic mass is 10.0. The second-order valence-corrected chi connectivity index (χ2v) is 9.59. The van der Waals surface area contributed by atoms with Gasteiger partial charge in [-0.05, 0) is 49.9 Å². The van der Waals surface area contributed by atoms with Crippen LogP contribution in [0.3, 0.4) is 0 Å². The summed E-state index contributed by atoms with van der Waals surface area (Å²) < 4.78 is 27.4. The molecule has 1 atom stereocenters. The predicted molar refractivity (Wildman–Crippen MR) is 120 cm³/mol. The van der Waals surface area contributed by atoms with Gasteiger partial charge in [-0.25, -0.2) is 8.42 Å². The van der Waals surface area contributed by atoms with Gasteiger partial charge in [0.2, 0.25) is 15.9 Å². The summed E-state index contributed by atoms with van der Waals surface area (Å²) in [5, 5.41) is 2.96. The van der Waals surface area contributed by atoms with Gasteiger partial charge in [-0.1, -0.05) is 42.8 Å². The Morgan fingerprint density at radius 3 is 2.40 bits per heavy atom. The maximum absolute atomic E-state index is 13.0. The molecule has 0 aliphatic carbocycles. The molecular weight excluding hydrogens is 398 g/mol. The maximum atomic E-state index is 13.0. The fourth-order valence-corrected chi connectivity index (χ4v) is 5.48. The molecule has 2 aromatic rings. The van der Waals surface area contributed by atoms with E-state index in [1.165, 1.54) is 9.99 Å². The number of sulfonamides is 1. The monoisotopic (exact) mass is 429 g/mol. The molecule has 0 bridgehead atoms. The van der Waals surface area contributed by atoms with Gasteiger partial charge < -0.3 is 10.2 Å². The summed E-state index contributed by atoms with van der Waals surface area (Å²) >= 11 is 0. The van der Waals surface area contributed by atoms with Crippen molar-refractivity contribution in [1.29, 1.82) is 0 Å². The molecule has 2 aromatic carbocycles. The second-order valence-electron chi connectivity index (χ2n) is 7.70. The van der Waals surface area contributed by atoms with Crippen LogP contribution in [0.2, 0.25) is 0 Å². The first-order valence-electron chi connectivity index (χ1n) is 10.6. The van der Waals surface area contributed by atoms with E-state index in [1.54, 1.807) is 30.3 Å². The lowest BCUT2D eigenvalue weighted by Gasteiger charge is -2.33. The Morgan fingerprint density at radius 1 is 1.03 bits per heavy atom. The first-order chi connectivity index (χ1) is 14.5. The molecular formula is C23H31N3O3S.